The van der Waals surface area contributed by atoms with Gasteiger partial charge in [-0.15, -0.1) is 0 Å². The largest absolute Gasteiger partial charge is 0.466 e. The molecule has 0 aromatic heterocycles. The van der Waals surface area contributed by atoms with Crippen molar-refractivity contribution in [2.75, 3.05) is 7.11 Å². The molecule has 0 unspecified atom stereocenters. The average Bonchev–Trinajstić information content (AvgIpc) is 2.85. The summed E-state index contributed by atoms with van der Waals surface area (Å²) >= 11 is 0. The molecule has 1 fully saturated rings. The Morgan fingerprint density at radius 2 is 2.23 bits per heavy atom. The van der Waals surface area contributed by atoms with E-state index in [9.17, 15) is 4.79 Å². The molecule has 2 aliphatic carbocycles. The Kier molecular flexibility index (Phi) is 1.79. The molecule has 0 bridgehead atoms. The number of carbonyl (C=O) groups excluding carboxylic acids is 1. The van der Waals surface area contributed by atoms with Crippen molar-refractivity contribution in [1.82, 2.24) is 0 Å². The Labute approximate surface area is 78.3 Å². The highest BCUT2D eigenvalue weighted by atomic mass is 16.5. The number of hydrogen-bond acceptors (Lipinski definition) is 2. The first-order valence-corrected chi connectivity index (χ1v) is 4.66. The zero-order valence-electron chi connectivity index (χ0n) is 8.09. The molecule has 0 heterocycles. The number of ether oxygens (including phenoxy) is 1. The highest BCUT2D eigenvalue weighted by Gasteiger charge is 2.49. The lowest BCUT2D eigenvalue weighted by molar-refractivity contribution is -0.137. The molecular weight excluding hydrogens is 164 g/mol. The van der Waals surface area contributed by atoms with E-state index < -0.39 is 0 Å². The van der Waals surface area contributed by atoms with Crippen molar-refractivity contribution in [2.24, 2.45) is 5.41 Å². The van der Waals surface area contributed by atoms with Crippen LogP contribution in [0.5, 0.6) is 0 Å². The molecule has 1 saturated carbocycles. The van der Waals surface area contributed by atoms with Crippen LogP contribution in [-0.2, 0) is 9.53 Å². The fourth-order valence-corrected chi connectivity index (χ4v) is 2.15. The van der Waals surface area contributed by atoms with Gasteiger partial charge in [0.1, 0.15) is 0 Å². The minimum absolute atomic E-state index is 0.139. The fraction of sp³-hybridized carbons (Fsp3) is 0.545. The molecule has 0 atom stereocenters. The molecule has 2 heteroatoms. The van der Waals surface area contributed by atoms with E-state index in [1.807, 2.05) is 13.0 Å². The van der Waals surface area contributed by atoms with E-state index >= 15 is 0 Å². The van der Waals surface area contributed by atoms with E-state index in [4.69, 9.17) is 4.74 Å². The van der Waals surface area contributed by atoms with Crippen LogP contribution in [0, 0.1) is 5.41 Å². The molecule has 2 rings (SSSR count). The van der Waals surface area contributed by atoms with Crippen LogP contribution >= 0.6 is 0 Å². The Balaban J connectivity index is 2.38. The molecule has 0 aromatic rings. The molecule has 0 aromatic carbocycles. The molecule has 1 spiro atoms. The predicted octanol–water partition coefficient (Wildman–Crippen LogP) is 2.22. The fourth-order valence-electron chi connectivity index (χ4n) is 2.15. The van der Waals surface area contributed by atoms with Crippen molar-refractivity contribution in [3.63, 3.8) is 0 Å². The van der Waals surface area contributed by atoms with Gasteiger partial charge in [-0.1, -0.05) is 12.2 Å². The number of esters is 1. The van der Waals surface area contributed by atoms with Crippen molar-refractivity contribution >= 4 is 5.97 Å². The van der Waals surface area contributed by atoms with E-state index in [-0.39, 0.29) is 11.4 Å². The Bertz CT molecular complexity index is 306. The summed E-state index contributed by atoms with van der Waals surface area (Å²) in [6.07, 6.45) is 7.47. The summed E-state index contributed by atoms with van der Waals surface area (Å²) in [5, 5.41) is 0. The van der Waals surface area contributed by atoms with Gasteiger partial charge in [0.25, 0.3) is 0 Å². The second-order valence-electron chi connectivity index (χ2n) is 3.94. The molecule has 0 radical (unpaired) electrons. The van der Waals surface area contributed by atoms with Gasteiger partial charge in [0, 0.05) is 11.0 Å². The second kappa shape index (κ2) is 2.72. The van der Waals surface area contributed by atoms with Crippen LogP contribution in [-0.4, -0.2) is 13.1 Å². The molecule has 13 heavy (non-hydrogen) atoms. The highest BCUT2D eigenvalue weighted by Crippen LogP contribution is 2.57. The van der Waals surface area contributed by atoms with Crippen molar-refractivity contribution in [3.05, 3.63) is 23.3 Å². The van der Waals surface area contributed by atoms with Gasteiger partial charge >= 0.3 is 5.97 Å². The third-order valence-electron chi connectivity index (χ3n) is 3.04. The first-order valence-electron chi connectivity index (χ1n) is 4.66. The number of carbonyl (C=O) groups is 1. The molecule has 2 aliphatic rings. The van der Waals surface area contributed by atoms with Crippen molar-refractivity contribution in [2.45, 2.75) is 26.2 Å². The van der Waals surface area contributed by atoms with Crippen LogP contribution in [0.3, 0.4) is 0 Å². The quantitative estimate of drug-likeness (QED) is 0.575. The summed E-state index contributed by atoms with van der Waals surface area (Å²) < 4.78 is 4.81. The zero-order valence-corrected chi connectivity index (χ0v) is 8.09. The van der Waals surface area contributed by atoms with E-state index in [0.717, 1.165) is 30.4 Å². The SMILES string of the molecule is COC(=O)C1=C(C)C=CCC12CC2. The van der Waals surface area contributed by atoms with Crippen molar-refractivity contribution < 1.29 is 9.53 Å². The summed E-state index contributed by atoms with van der Waals surface area (Å²) in [4.78, 5) is 11.5. The molecule has 0 amide bonds. The summed E-state index contributed by atoms with van der Waals surface area (Å²) in [7, 11) is 1.46. The smallest absolute Gasteiger partial charge is 0.334 e. The maximum absolute atomic E-state index is 11.5. The topological polar surface area (TPSA) is 26.3 Å². The normalized spacial score (nSPS) is 23.5. The Hall–Kier alpha value is -1.05. The average molecular weight is 178 g/mol. The van der Waals surface area contributed by atoms with E-state index in [2.05, 4.69) is 6.08 Å². The summed E-state index contributed by atoms with van der Waals surface area (Å²) in [6, 6.07) is 0. The predicted molar refractivity (Wildman–Crippen MR) is 50.1 cm³/mol. The van der Waals surface area contributed by atoms with Gasteiger partial charge in [0.2, 0.25) is 0 Å². The van der Waals surface area contributed by atoms with Crippen LogP contribution in [0.25, 0.3) is 0 Å². The minimum Gasteiger partial charge on any atom is -0.466 e. The number of rotatable bonds is 1. The van der Waals surface area contributed by atoms with Crippen LogP contribution in [0.15, 0.2) is 23.3 Å². The van der Waals surface area contributed by atoms with Crippen LogP contribution in [0.2, 0.25) is 0 Å². The third kappa shape index (κ3) is 1.21. The number of methoxy groups -OCH3 is 1. The standard InChI is InChI=1S/C11H14O2/c1-8-4-3-5-11(6-7-11)9(8)10(12)13-2/h3-4H,5-7H2,1-2H3. The van der Waals surface area contributed by atoms with Gasteiger partial charge in [0.05, 0.1) is 7.11 Å². The van der Waals surface area contributed by atoms with Gasteiger partial charge in [-0.2, -0.15) is 0 Å². The van der Waals surface area contributed by atoms with E-state index in [0.29, 0.717) is 0 Å². The monoisotopic (exact) mass is 178 g/mol. The zero-order chi connectivity index (χ0) is 9.47. The molecule has 2 nitrogen and oxygen atoms in total. The maximum Gasteiger partial charge on any atom is 0.334 e. The van der Waals surface area contributed by atoms with Gasteiger partial charge in [-0.05, 0) is 31.8 Å². The Morgan fingerprint density at radius 1 is 1.54 bits per heavy atom. The summed E-state index contributed by atoms with van der Waals surface area (Å²) in [6.45, 7) is 1.99. The van der Waals surface area contributed by atoms with Crippen LogP contribution < -0.4 is 0 Å². The summed E-state index contributed by atoms with van der Waals surface area (Å²) in [5.41, 5.74) is 2.15. The number of hydrogen-bond donors (Lipinski definition) is 0. The van der Waals surface area contributed by atoms with Gasteiger partial charge in [0.15, 0.2) is 0 Å². The van der Waals surface area contributed by atoms with E-state index in [1.165, 1.54) is 7.11 Å². The minimum atomic E-state index is -0.139. The second-order valence-corrected chi connectivity index (χ2v) is 3.94. The van der Waals surface area contributed by atoms with Crippen LogP contribution in [0.1, 0.15) is 26.2 Å². The van der Waals surface area contributed by atoms with Gasteiger partial charge in [-0.25, -0.2) is 4.79 Å². The first-order chi connectivity index (χ1) is 6.19. The summed E-state index contributed by atoms with van der Waals surface area (Å²) in [5.74, 6) is -0.139. The van der Waals surface area contributed by atoms with Crippen molar-refractivity contribution in [1.29, 1.82) is 0 Å². The molecule has 0 saturated heterocycles. The lowest BCUT2D eigenvalue weighted by Crippen LogP contribution is -2.18. The maximum atomic E-state index is 11.5. The first kappa shape index (κ1) is 8.54. The van der Waals surface area contributed by atoms with Crippen molar-refractivity contribution in [3.8, 4) is 0 Å². The Morgan fingerprint density at radius 3 is 2.77 bits per heavy atom. The van der Waals surface area contributed by atoms with E-state index in [1.54, 1.807) is 0 Å². The molecule has 70 valence electrons. The lowest BCUT2D eigenvalue weighted by atomic mass is 9.84. The van der Waals surface area contributed by atoms with Gasteiger partial charge < -0.3 is 4.74 Å². The van der Waals surface area contributed by atoms with Gasteiger partial charge in [-0.3, -0.25) is 0 Å². The number of allylic oxidation sites excluding steroid dienone is 3. The lowest BCUT2D eigenvalue weighted by Gasteiger charge is -2.21. The third-order valence-corrected chi connectivity index (χ3v) is 3.04. The molecular formula is C11H14O2. The molecule has 0 aliphatic heterocycles. The van der Waals surface area contributed by atoms with Crippen LogP contribution in [0.4, 0.5) is 0 Å². The molecule has 0 N–H and O–H groups in total. The highest BCUT2D eigenvalue weighted by molar-refractivity contribution is 5.92.